The Labute approximate surface area is 74.9 Å². The van der Waals surface area contributed by atoms with E-state index in [2.05, 4.69) is 32.7 Å². The summed E-state index contributed by atoms with van der Waals surface area (Å²) in [5, 5.41) is 0. The second-order valence-electron chi connectivity index (χ2n) is 5.27. The number of hydrogen-bond acceptors (Lipinski definition) is 2. The fourth-order valence-corrected chi connectivity index (χ4v) is 2.80. The molecule has 2 heterocycles. The van der Waals surface area contributed by atoms with Gasteiger partial charge in [0.25, 0.3) is 0 Å². The molecule has 2 aliphatic heterocycles. The van der Waals surface area contributed by atoms with Crippen LogP contribution in [-0.2, 0) is 4.74 Å². The summed E-state index contributed by atoms with van der Waals surface area (Å²) in [4.78, 5) is 2.45. The van der Waals surface area contributed by atoms with Crippen molar-refractivity contribution >= 4 is 0 Å². The second-order valence-corrected chi connectivity index (χ2v) is 5.27. The standard InChI is InChI=1S/C10H19NO/c1-10(2,3)9-7-6-12-8(9)5-11(7)4/h7-9H,5-6H2,1-4H3. The van der Waals surface area contributed by atoms with Crippen molar-refractivity contribution in [2.75, 3.05) is 20.2 Å². The average molecular weight is 169 g/mol. The molecule has 2 heteroatoms. The van der Waals surface area contributed by atoms with Crippen LogP contribution in [-0.4, -0.2) is 37.2 Å². The first-order chi connectivity index (χ1) is 5.50. The van der Waals surface area contributed by atoms with Crippen LogP contribution in [0.4, 0.5) is 0 Å². The van der Waals surface area contributed by atoms with Gasteiger partial charge in [0.05, 0.1) is 12.7 Å². The smallest absolute Gasteiger partial charge is 0.0751 e. The van der Waals surface area contributed by atoms with Crippen molar-refractivity contribution in [2.45, 2.75) is 32.9 Å². The molecular formula is C10H19NO. The topological polar surface area (TPSA) is 12.5 Å². The molecule has 0 radical (unpaired) electrons. The third-order valence-corrected chi connectivity index (χ3v) is 3.33. The summed E-state index contributed by atoms with van der Waals surface area (Å²) in [7, 11) is 2.21. The maximum atomic E-state index is 5.72. The molecule has 2 nitrogen and oxygen atoms in total. The van der Waals surface area contributed by atoms with Crippen LogP contribution in [0.25, 0.3) is 0 Å². The zero-order valence-electron chi connectivity index (χ0n) is 8.50. The lowest BCUT2D eigenvalue weighted by Gasteiger charge is -2.29. The van der Waals surface area contributed by atoms with Crippen LogP contribution >= 0.6 is 0 Å². The predicted octanol–water partition coefficient (Wildman–Crippen LogP) is 1.36. The van der Waals surface area contributed by atoms with Crippen molar-refractivity contribution < 1.29 is 4.74 Å². The van der Waals surface area contributed by atoms with Gasteiger partial charge < -0.3 is 4.74 Å². The summed E-state index contributed by atoms with van der Waals surface area (Å²) < 4.78 is 5.72. The highest BCUT2D eigenvalue weighted by Crippen LogP contribution is 2.43. The van der Waals surface area contributed by atoms with E-state index < -0.39 is 0 Å². The zero-order chi connectivity index (χ0) is 8.93. The SMILES string of the molecule is CN1CC2OCC1C2C(C)(C)C. The van der Waals surface area contributed by atoms with E-state index in [1.54, 1.807) is 0 Å². The summed E-state index contributed by atoms with van der Waals surface area (Å²) in [6.45, 7) is 9.05. The van der Waals surface area contributed by atoms with E-state index in [4.69, 9.17) is 4.74 Å². The minimum absolute atomic E-state index is 0.399. The summed E-state index contributed by atoms with van der Waals surface area (Å²) in [6, 6.07) is 0.676. The lowest BCUT2D eigenvalue weighted by Crippen LogP contribution is -2.36. The Morgan fingerprint density at radius 3 is 2.25 bits per heavy atom. The molecule has 2 fully saturated rings. The van der Waals surface area contributed by atoms with Crippen LogP contribution in [0.3, 0.4) is 0 Å². The van der Waals surface area contributed by atoms with E-state index in [1.165, 1.54) is 0 Å². The maximum Gasteiger partial charge on any atom is 0.0751 e. The summed E-state index contributed by atoms with van der Waals surface area (Å²) in [5.41, 5.74) is 0.399. The Bertz CT molecular complexity index is 185. The van der Waals surface area contributed by atoms with Crippen molar-refractivity contribution in [2.24, 2.45) is 11.3 Å². The Morgan fingerprint density at radius 1 is 1.33 bits per heavy atom. The third-order valence-electron chi connectivity index (χ3n) is 3.33. The van der Waals surface area contributed by atoms with Gasteiger partial charge in [0.2, 0.25) is 0 Å². The molecule has 0 spiro atoms. The van der Waals surface area contributed by atoms with Crippen molar-refractivity contribution in [3.8, 4) is 0 Å². The van der Waals surface area contributed by atoms with Crippen LogP contribution < -0.4 is 0 Å². The van der Waals surface area contributed by atoms with E-state index in [0.29, 0.717) is 17.6 Å². The van der Waals surface area contributed by atoms with Crippen molar-refractivity contribution in [1.82, 2.24) is 4.90 Å². The van der Waals surface area contributed by atoms with Crippen molar-refractivity contribution in [1.29, 1.82) is 0 Å². The van der Waals surface area contributed by atoms with Gasteiger partial charge in [-0.2, -0.15) is 0 Å². The van der Waals surface area contributed by atoms with Gasteiger partial charge in [-0.25, -0.2) is 0 Å². The van der Waals surface area contributed by atoms with E-state index in [9.17, 15) is 0 Å². The minimum Gasteiger partial charge on any atom is -0.375 e. The molecule has 3 unspecified atom stereocenters. The number of morpholine rings is 1. The van der Waals surface area contributed by atoms with Crippen LogP contribution in [0.15, 0.2) is 0 Å². The fraction of sp³-hybridized carbons (Fsp3) is 1.00. The lowest BCUT2D eigenvalue weighted by molar-refractivity contribution is 0.0337. The molecule has 0 amide bonds. The number of rotatable bonds is 0. The zero-order valence-corrected chi connectivity index (χ0v) is 8.50. The number of likely N-dealkylation sites (tertiary alicyclic amines) is 1. The van der Waals surface area contributed by atoms with Crippen LogP contribution in [0.2, 0.25) is 0 Å². The summed E-state index contributed by atoms with van der Waals surface area (Å²) in [6.07, 6.45) is 0.500. The maximum absolute atomic E-state index is 5.72. The molecule has 0 aromatic heterocycles. The lowest BCUT2D eigenvalue weighted by atomic mass is 9.76. The van der Waals surface area contributed by atoms with Gasteiger partial charge in [0, 0.05) is 18.5 Å². The minimum atomic E-state index is 0.399. The number of fused-ring (bicyclic) bond motifs is 2. The predicted molar refractivity (Wildman–Crippen MR) is 49.1 cm³/mol. The van der Waals surface area contributed by atoms with Gasteiger partial charge in [-0.15, -0.1) is 0 Å². The van der Waals surface area contributed by atoms with Gasteiger partial charge in [-0.1, -0.05) is 20.8 Å². The molecule has 0 aromatic carbocycles. The van der Waals surface area contributed by atoms with Gasteiger partial charge in [0.1, 0.15) is 0 Å². The highest BCUT2D eigenvalue weighted by molar-refractivity contribution is 5.02. The van der Waals surface area contributed by atoms with Crippen LogP contribution in [0.1, 0.15) is 20.8 Å². The Balaban J connectivity index is 2.19. The first-order valence-electron chi connectivity index (χ1n) is 4.82. The normalized spacial score (nSPS) is 42.5. The van der Waals surface area contributed by atoms with E-state index in [1.807, 2.05) is 0 Å². The van der Waals surface area contributed by atoms with E-state index in [-0.39, 0.29) is 0 Å². The second kappa shape index (κ2) is 2.46. The Morgan fingerprint density at radius 2 is 2.00 bits per heavy atom. The molecule has 2 bridgehead atoms. The quantitative estimate of drug-likeness (QED) is 0.543. The van der Waals surface area contributed by atoms with Gasteiger partial charge in [0.15, 0.2) is 0 Å². The number of ether oxygens (including phenoxy) is 1. The van der Waals surface area contributed by atoms with E-state index >= 15 is 0 Å². The summed E-state index contributed by atoms with van der Waals surface area (Å²) >= 11 is 0. The molecule has 0 saturated carbocycles. The average Bonchev–Trinajstić information content (AvgIpc) is 2.39. The van der Waals surface area contributed by atoms with E-state index in [0.717, 1.165) is 19.1 Å². The van der Waals surface area contributed by atoms with Gasteiger partial charge in [-0.05, 0) is 12.5 Å². The van der Waals surface area contributed by atoms with Crippen LogP contribution in [0, 0.1) is 11.3 Å². The van der Waals surface area contributed by atoms with Gasteiger partial charge in [-0.3, -0.25) is 4.90 Å². The first kappa shape index (κ1) is 8.52. The van der Waals surface area contributed by atoms with Crippen molar-refractivity contribution in [3.05, 3.63) is 0 Å². The highest BCUT2D eigenvalue weighted by Gasteiger charge is 2.51. The molecule has 3 atom stereocenters. The van der Waals surface area contributed by atoms with Crippen molar-refractivity contribution in [3.63, 3.8) is 0 Å². The molecular weight excluding hydrogens is 150 g/mol. The molecule has 2 aliphatic rings. The summed E-state index contributed by atoms with van der Waals surface area (Å²) in [5.74, 6) is 0.738. The third kappa shape index (κ3) is 1.09. The molecule has 0 aliphatic carbocycles. The molecule has 12 heavy (non-hydrogen) atoms. The molecule has 0 aromatic rings. The fourth-order valence-electron chi connectivity index (χ4n) is 2.80. The number of hydrogen-bond donors (Lipinski definition) is 0. The van der Waals surface area contributed by atoms with Crippen LogP contribution in [0.5, 0.6) is 0 Å². The number of likely N-dealkylation sites (N-methyl/N-ethyl adjacent to an activating group) is 1. The molecule has 70 valence electrons. The highest BCUT2D eigenvalue weighted by atomic mass is 16.5. The number of nitrogens with zero attached hydrogens (tertiary/aromatic N) is 1. The Hall–Kier alpha value is -0.0800. The molecule has 2 saturated heterocycles. The largest absolute Gasteiger partial charge is 0.375 e. The Kier molecular flexibility index (Phi) is 1.74. The first-order valence-corrected chi connectivity index (χ1v) is 4.82. The molecule has 2 rings (SSSR count). The monoisotopic (exact) mass is 169 g/mol. The van der Waals surface area contributed by atoms with Gasteiger partial charge >= 0.3 is 0 Å². The molecule has 0 N–H and O–H groups in total.